The van der Waals surface area contributed by atoms with Crippen molar-refractivity contribution in [2.24, 2.45) is 5.41 Å². The highest BCUT2D eigenvalue weighted by atomic mass is 15.2. The lowest BCUT2D eigenvalue weighted by atomic mass is 9.81. The van der Waals surface area contributed by atoms with Crippen molar-refractivity contribution < 1.29 is 0 Å². The van der Waals surface area contributed by atoms with Gasteiger partial charge in [-0.1, -0.05) is 71.6 Å². The van der Waals surface area contributed by atoms with Crippen molar-refractivity contribution in [2.45, 2.75) is 96.9 Å². The summed E-state index contributed by atoms with van der Waals surface area (Å²) in [6, 6.07) is 0.887. The van der Waals surface area contributed by atoms with E-state index in [-0.39, 0.29) is 0 Å². The van der Waals surface area contributed by atoms with Gasteiger partial charge in [0.25, 0.3) is 0 Å². The Morgan fingerprint density at radius 3 is 1.95 bits per heavy atom. The van der Waals surface area contributed by atoms with Crippen molar-refractivity contribution in [2.75, 3.05) is 26.2 Å². The van der Waals surface area contributed by atoms with Crippen LogP contribution in [0.15, 0.2) is 0 Å². The van der Waals surface area contributed by atoms with Gasteiger partial charge in [-0.05, 0) is 25.8 Å². The number of unbranched alkanes of at least 4 members (excludes halogenated alkanes) is 7. The van der Waals surface area contributed by atoms with Gasteiger partial charge in [-0.2, -0.15) is 0 Å². The molecule has 0 saturated carbocycles. The monoisotopic (exact) mass is 308 g/mol. The van der Waals surface area contributed by atoms with Gasteiger partial charge in [0.2, 0.25) is 0 Å². The molecule has 1 unspecified atom stereocenters. The Morgan fingerprint density at radius 1 is 0.864 bits per heavy atom. The fourth-order valence-corrected chi connectivity index (χ4v) is 4.35. The topological polar surface area (TPSA) is 15.3 Å². The molecule has 2 rings (SSSR count). The summed E-state index contributed by atoms with van der Waals surface area (Å²) in [7, 11) is 0. The molecule has 2 saturated heterocycles. The van der Waals surface area contributed by atoms with Crippen LogP contribution in [0.3, 0.4) is 0 Å². The van der Waals surface area contributed by atoms with Crippen LogP contribution < -0.4 is 5.32 Å². The molecule has 0 aromatic heterocycles. The average Bonchev–Trinajstić information content (AvgIpc) is 2.95. The molecule has 130 valence electrons. The molecule has 2 fully saturated rings. The number of rotatable bonds is 12. The minimum atomic E-state index is 0.671. The maximum absolute atomic E-state index is 3.50. The zero-order chi connectivity index (χ0) is 15.7. The van der Waals surface area contributed by atoms with Crippen molar-refractivity contribution in [3.8, 4) is 0 Å². The molecule has 1 N–H and O–H groups in total. The first-order chi connectivity index (χ1) is 10.8. The van der Waals surface area contributed by atoms with Crippen LogP contribution >= 0.6 is 0 Å². The second kappa shape index (κ2) is 9.93. The summed E-state index contributed by atoms with van der Waals surface area (Å²) >= 11 is 0. The Labute approximate surface area is 139 Å². The summed E-state index contributed by atoms with van der Waals surface area (Å²) in [5.74, 6) is 0. The second-order valence-electron chi connectivity index (χ2n) is 8.03. The van der Waals surface area contributed by atoms with Crippen LogP contribution in [0.2, 0.25) is 0 Å². The van der Waals surface area contributed by atoms with Crippen LogP contribution in [0.1, 0.15) is 90.9 Å². The number of hydrogen-bond donors (Lipinski definition) is 1. The zero-order valence-electron chi connectivity index (χ0n) is 15.3. The van der Waals surface area contributed by atoms with Crippen molar-refractivity contribution in [1.82, 2.24) is 10.2 Å². The highest BCUT2D eigenvalue weighted by Gasteiger charge is 2.44. The Kier molecular flexibility index (Phi) is 8.24. The van der Waals surface area contributed by atoms with E-state index in [2.05, 4.69) is 24.1 Å². The third-order valence-electron chi connectivity index (χ3n) is 6.02. The maximum atomic E-state index is 3.50. The lowest BCUT2D eigenvalue weighted by molar-refractivity contribution is 0.138. The highest BCUT2D eigenvalue weighted by molar-refractivity contribution is 5.00. The zero-order valence-corrected chi connectivity index (χ0v) is 15.3. The summed E-state index contributed by atoms with van der Waals surface area (Å²) in [6.45, 7) is 9.94. The molecule has 0 aliphatic carbocycles. The summed E-state index contributed by atoms with van der Waals surface area (Å²) in [5.41, 5.74) is 0.671. The molecule has 2 aliphatic rings. The van der Waals surface area contributed by atoms with E-state index in [9.17, 15) is 0 Å². The van der Waals surface area contributed by atoms with E-state index in [0.29, 0.717) is 5.41 Å². The number of nitrogens with one attached hydrogen (secondary N) is 1. The van der Waals surface area contributed by atoms with Gasteiger partial charge in [0, 0.05) is 31.1 Å². The van der Waals surface area contributed by atoms with E-state index in [1.807, 2.05) is 0 Å². The third kappa shape index (κ3) is 5.53. The minimum absolute atomic E-state index is 0.671. The van der Waals surface area contributed by atoms with E-state index in [4.69, 9.17) is 0 Å². The smallest absolute Gasteiger partial charge is 0.00955 e. The fourth-order valence-electron chi connectivity index (χ4n) is 4.35. The second-order valence-corrected chi connectivity index (χ2v) is 8.03. The third-order valence-corrected chi connectivity index (χ3v) is 6.02. The predicted octanol–water partition coefficient (Wildman–Crippen LogP) is 4.98. The largest absolute Gasteiger partial charge is 0.315 e. The normalized spacial score (nSPS) is 22.1. The minimum Gasteiger partial charge on any atom is -0.315 e. The first-order valence-electron chi connectivity index (χ1n) is 10.2. The molecular weight excluding hydrogens is 268 g/mol. The molecule has 0 bridgehead atoms. The van der Waals surface area contributed by atoms with Crippen molar-refractivity contribution in [1.29, 1.82) is 0 Å². The van der Waals surface area contributed by atoms with E-state index < -0.39 is 0 Å². The first kappa shape index (κ1) is 18.3. The van der Waals surface area contributed by atoms with Crippen LogP contribution in [-0.4, -0.2) is 37.1 Å². The van der Waals surface area contributed by atoms with Crippen LogP contribution in [-0.2, 0) is 0 Å². The average molecular weight is 309 g/mol. The van der Waals surface area contributed by atoms with Gasteiger partial charge in [-0.3, -0.25) is 4.90 Å². The van der Waals surface area contributed by atoms with Gasteiger partial charge >= 0.3 is 0 Å². The Morgan fingerprint density at radius 2 is 1.45 bits per heavy atom. The van der Waals surface area contributed by atoms with Crippen LogP contribution in [0.5, 0.6) is 0 Å². The van der Waals surface area contributed by atoms with Crippen LogP contribution in [0.4, 0.5) is 0 Å². The molecule has 0 aromatic rings. The summed E-state index contributed by atoms with van der Waals surface area (Å²) < 4.78 is 0. The van der Waals surface area contributed by atoms with Gasteiger partial charge in [0.05, 0.1) is 0 Å². The molecule has 0 aromatic carbocycles. The molecule has 2 nitrogen and oxygen atoms in total. The SMILES string of the molecule is CCCCCCCC(CCCCCC)N1CCC2(CNC2)C1. The van der Waals surface area contributed by atoms with Crippen molar-refractivity contribution >= 4 is 0 Å². The van der Waals surface area contributed by atoms with Gasteiger partial charge in [-0.15, -0.1) is 0 Å². The quantitative estimate of drug-likeness (QED) is 0.511. The lowest BCUT2D eigenvalue weighted by Gasteiger charge is -2.40. The number of hydrogen-bond acceptors (Lipinski definition) is 2. The Balaban J connectivity index is 1.71. The highest BCUT2D eigenvalue weighted by Crippen LogP contribution is 2.36. The molecule has 0 amide bonds. The van der Waals surface area contributed by atoms with E-state index >= 15 is 0 Å². The number of likely N-dealkylation sites (tertiary alicyclic amines) is 1. The predicted molar refractivity (Wildman–Crippen MR) is 97.4 cm³/mol. The molecule has 2 heterocycles. The summed E-state index contributed by atoms with van der Waals surface area (Å²) in [6.07, 6.45) is 17.2. The van der Waals surface area contributed by atoms with Crippen LogP contribution in [0.25, 0.3) is 0 Å². The molecule has 0 radical (unpaired) electrons. The standard InChI is InChI=1S/C20H40N2/c1-3-5-7-9-11-13-19(12-10-8-6-4-2)22-15-14-20(18-22)16-21-17-20/h19,21H,3-18H2,1-2H3. The molecule has 2 heteroatoms. The maximum Gasteiger partial charge on any atom is 0.00955 e. The van der Waals surface area contributed by atoms with E-state index in [1.54, 1.807) is 0 Å². The van der Waals surface area contributed by atoms with Gasteiger partial charge in [0.15, 0.2) is 0 Å². The van der Waals surface area contributed by atoms with Crippen LogP contribution in [0, 0.1) is 5.41 Å². The van der Waals surface area contributed by atoms with E-state index in [1.165, 1.54) is 103 Å². The molecule has 22 heavy (non-hydrogen) atoms. The first-order valence-corrected chi connectivity index (χ1v) is 10.2. The van der Waals surface area contributed by atoms with Crippen molar-refractivity contribution in [3.63, 3.8) is 0 Å². The van der Waals surface area contributed by atoms with Gasteiger partial charge in [-0.25, -0.2) is 0 Å². The summed E-state index contributed by atoms with van der Waals surface area (Å²) in [4.78, 5) is 2.87. The van der Waals surface area contributed by atoms with Gasteiger partial charge < -0.3 is 5.32 Å². The van der Waals surface area contributed by atoms with Crippen molar-refractivity contribution in [3.05, 3.63) is 0 Å². The fraction of sp³-hybridized carbons (Fsp3) is 1.00. The molecular formula is C20H40N2. The Hall–Kier alpha value is -0.0800. The Bertz CT molecular complexity index is 285. The molecule has 1 atom stereocenters. The molecule has 1 spiro atoms. The lowest BCUT2D eigenvalue weighted by Crippen LogP contribution is -2.55. The number of nitrogens with zero attached hydrogens (tertiary/aromatic N) is 1. The van der Waals surface area contributed by atoms with Gasteiger partial charge in [0.1, 0.15) is 0 Å². The molecule has 2 aliphatic heterocycles. The van der Waals surface area contributed by atoms with E-state index in [0.717, 1.165) is 6.04 Å². The summed E-state index contributed by atoms with van der Waals surface area (Å²) in [5, 5.41) is 3.50.